The number of carboxylic acids is 1. The Hall–Kier alpha value is -2.41. The highest BCUT2D eigenvalue weighted by Gasteiger charge is 2.26. The minimum absolute atomic E-state index is 0.122. The molecule has 1 aromatic carbocycles. The van der Waals surface area contributed by atoms with Crippen molar-refractivity contribution < 1.29 is 24.2 Å². The van der Waals surface area contributed by atoms with E-state index in [1.165, 1.54) is 0 Å². The van der Waals surface area contributed by atoms with Gasteiger partial charge >= 0.3 is 11.9 Å². The molecule has 0 aliphatic heterocycles. The van der Waals surface area contributed by atoms with Gasteiger partial charge in [0.25, 0.3) is 0 Å². The second kappa shape index (κ2) is 11.3. The summed E-state index contributed by atoms with van der Waals surface area (Å²) in [4.78, 5) is 35.6. The molecule has 1 rings (SSSR count). The SMILES string of the molecule is CCOC(=O)CN[C@H](Cc1ccccc1)C(=O)N[C@H](CC(C)C)C(=O)O. The molecule has 0 aliphatic rings. The fraction of sp³-hybridized carbons (Fsp3) is 0.526. The number of rotatable bonds is 11. The molecule has 3 N–H and O–H groups in total. The number of nitrogens with one attached hydrogen (secondary N) is 2. The Labute approximate surface area is 154 Å². The number of esters is 1. The summed E-state index contributed by atoms with van der Waals surface area (Å²) in [7, 11) is 0. The van der Waals surface area contributed by atoms with Gasteiger partial charge in [0, 0.05) is 0 Å². The van der Waals surface area contributed by atoms with E-state index in [4.69, 9.17) is 4.74 Å². The summed E-state index contributed by atoms with van der Waals surface area (Å²) in [5.74, 6) is -1.87. The molecule has 2 atom stereocenters. The molecule has 7 heteroatoms. The maximum atomic E-state index is 12.6. The Morgan fingerprint density at radius 1 is 1.12 bits per heavy atom. The van der Waals surface area contributed by atoms with Crippen molar-refractivity contribution >= 4 is 17.8 Å². The van der Waals surface area contributed by atoms with E-state index >= 15 is 0 Å². The maximum absolute atomic E-state index is 12.6. The van der Waals surface area contributed by atoms with E-state index in [0.29, 0.717) is 12.8 Å². The second-order valence-corrected chi connectivity index (χ2v) is 6.46. The highest BCUT2D eigenvalue weighted by Crippen LogP contribution is 2.07. The van der Waals surface area contributed by atoms with Crippen LogP contribution in [0.4, 0.5) is 0 Å². The molecule has 0 radical (unpaired) electrons. The van der Waals surface area contributed by atoms with Crippen molar-refractivity contribution in [3.63, 3.8) is 0 Å². The molecular weight excluding hydrogens is 336 g/mol. The van der Waals surface area contributed by atoms with Crippen LogP contribution in [0.2, 0.25) is 0 Å². The zero-order valence-electron chi connectivity index (χ0n) is 15.5. The third kappa shape index (κ3) is 8.11. The van der Waals surface area contributed by atoms with Crippen molar-refractivity contribution in [1.29, 1.82) is 0 Å². The summed E-state index contributed by atoms with van der Waals surface area (Å²) in [6.45, 7) is 5.62. The number of carbonyl (C=O) groups is 3. The minimum Gasteiger partial charge on any atom is -0.480 e. The van der Waals surface area contributed by atoms with Gasteiger partial charge in [-0.1, -0.05) is 44.2 Å². The van der Waals surface area contributed by atoms with Gasteiger partial charge in [0.05, 0.1) is 19.2 Å². The first-order chi connectivity index (χ1) is 12.3. The van der Waals surface area contributed by atoms with Crippen molar-refractivity contribution in [1.82, 2.24) is 10.6 Å². The van der Waals surface area contributed by atoms with Crippen molar-refractivity contribution in [3.05, 3.63) is 35.9 Å². The number of carbonyl (C=O) groups excluding carboxylic acids is 2. The molecule has 0 heterocycles. The first-order valence-corrected chi connectivity index (χ1v) is 8.79. The molecule has 1 amide bonds. The number of benzene rings is 1. The van der Waals surface area contributed by atoms with Crippen LogP contribution in [0.15, 0.2) is 30.3 Å². The van der Waals surface area contributed by atoms with Crippen molar-refractivity contribution in [2.24, 2.45) is 5.92 Å². The van der Waals surface area contributed by atoms with Gasteiger partial charge in [0.15, 0.2) is 0 Å². The lowest BCUT2D eigenvalue weighted by molar-refractivity contribution is -0.144. The van der Waals surface area contributed by atoms with Crippen LogP contribution in [-0.2, 0) is 25.5 Å². The van der Waals surface area contributed by atoms with Crippen LogP contribution in [0.5, 0.6) is 0 Å². The number of ether oxygens (including phenoxy) is 1. The van der Waals surface area contributed by atoms with Gasteiger partial charge in [-0.2, -0.15) is 0 Å². The smallest absolute Gasteiger partial charge is 0.326 e. The summed E-state index contributed by atoms with van der Waals surface area (Å²) in [5, 5.41) is 14.8. The Balaban J connectivity index is 2.81. The zero-order chi connectivity index (χ0) is 19.5. The lowest BCUT2D eigenvalue weighted by Gasteiger charge is -2.22. The van der Waals surface area contributed by atoms with Gasteiger partial charge in [0.2, 0.25) is 5.91 Å². The average molecular weight is 364 g/mol. The van der Waals surface area contributed by atoms with Gasteiger partial charge in [-0.15, -0.1) is 0 Å². The molecule has 0 bridgehead atoms. The normalized spacial score (nSPS) is 13.1. The summed E-state index contributed by atoms with van der Waals surface area (Å²) in [6.07, 6.45) is 0.664. The molecule has 0 spiro atoms. The molecule has 0 fully saturated rings. The number of hydrogen-bond acceptors (Lipinski definition) is 5. The predicted molar refractivity (Wildman–Crippen MR) is 97.6 cm³/mol. The van der Waals surface area contributed by atoms with E-state index in [1.807, 2.05) is 44.2 Å². The largest absolute Gasteiger partial charge is 0.480 e. The minimum atomic E-state index is -1.07. The molecule has 0 unspecified atom stereocenters. The lowest BCUT2D eigenvalue weighted by Crippen LogP contribution is -2.52. The summed E-state index contributed by atoms with van der Waals surface area (Å²) in [6, 6.07) is 7.61. The Bertz CT molecular complexity index is 589. The quantitative estimate of drug-likeness (QED) is 0.512. The van der Waals surface area contributed by atoms with Crippen molar-refractivity contribution in [2.45, 2.75) is 45.7 Å². The summed E-state index contributed by atoms with van der Waals surface area (Å²) >= 11 is 0. The molecular formula is C19H28N2O5. The third-order valence-electron chi connectivity index (χ3n) is 3.72. The third-order valence-corrected chi connectivity index (χ3v) is 3.72. The summed E-state index contributed by atoms with van der Waals surface area (Å²) in [5.41, 5.74) is 0.903. The first kappa shape index (κ1) is 21.6. The number of carboxylic acid groups (broad SMARTS) is 1. The highest BCUT2D eigenvalue weighted by atomic mass is 16.5. The van der Waals surface area contributed by atoms with E-state index in [2.05, 4.69) is 10.6 Å². The van der Waals surface area contributed by atoms with Gasteiger partial charge < -0.3 is 15.2 Å². The highest BCUT2D eigenvalue weighted by molar-refractivity contribution is 5.87. The topological polar surface area (TPSA) is 105 Å². The van der Waals surface area contributed by atoms with Gasteiger partial charge in [0.1, 0.15) is 6.04 Å². The molecule has 7 nitrogen and oxygen atoms in total. The molecule has 144 valence electrons. The van der Waals surface area contributed by atoms with Crippen LogP contribution >= 0.6 is 0 Å². The Morgan fingerprint density at radius 2 is 1.77 bits per heavy atom. The second-order valence-electron chi connectivity index (χ2n) is 6.46. The van der Waals surface area contributed by atoms with Crippen LogP contribution in [0.25, 0.3) is 0 Å². The molecule has 26 heavy (non-hydrogen) atoms. The molecule has 0 aromatic heterocycles. The fourth-order valence-corrected chi connectivity index (χ4v) is 2.49. The van der Waals surface area contributed by atoms with Crippen LogP contribution < -0.4 is 10.6 Å². The van der Waals surface area contributed by atoms with E-state index < -0.39 is 29.9 Å². The monoisotopic (exact) mass is 364 g/mol. The van der Waals surface area contributed by atoms with E-state index in [-0.39, 0.29) is 19.1 Å². The van der Waals surface area contributed by atoms with Crippen LogP contribution in [0, 0.1) is 5.92 Å². The Morgan fingerprint density at radius 3 is 2.31 bits per heavy atom. The molecule has 1 aromatic rings. The molecule has 0 saturated heterocycles. The predicted octanol–water partition coefficient (Wildman–Crippen LogP) is 1.37. The van der Waals surface area contributed by atoms with Crippen LogP contribution in [-0.4, -0.2) is 48.2 Å². The van der Waals surface area contributed by atoms with Gasteiger partial charge in [-0.25, -0.2) is 4.79 Å². The summed E-state index contributed by atoms with van der Waals surface area (Å²) < 4.78 is 4.87. The standard InChI is InChI=1S/C19H28N2O5/c1-4-26-17(22)12-20-15(11-14-8-6-5-7-9-14)18(23)21-16(19(24)25)10-13(2)3/h5-9,13,15-16,20H,4,10-12H2,1-3H3,(H,21,23)(H,24,25)/t15-,16-/m1/s1. The number of amides is 1. The van der Waals surface area contributed by atoms with Gasteiger partial charge in [-0.05, 0) is 31.2 Å². The maximum Gasteiger partial charge on any atom is 0.326 e. The lowest BCUT2D eigenvalue weighted by atomic mass is 10.0. The first-order valence-electron chi connectivity index (χ1n) is 8.79. The average Bonchev–Trinajstić information content (AvgIpc) is 2.58. The van der Waals surface area contributed by atoms with Crippen LogP contribution in [0.3, 0.4) is 0 Å². The molecule has 0 aliphatic carbocycles. The van der Waals surface area contributed by atoms with E-state index in [0.717, 1.165) is 5.56 Å². The fourth-order valence-electron chi connectivity index (χ4n) is 2.49. The zero-order valence-corrected chi connectivity index (χ0v) is 15.5. The molecule has 0 saturated carbocycles. The number of hydrogen-bond donors (Lipinski definition) is 3. The van der Waals surface area contributed by atoms with Crippen molar-refractivity contribution in [2.75, 3.05) is 13.2 Å². The van der Waals surface area contributed by atoms with Crippen LogP contribution in [0.1, 0.15) is 32.8 Å². The number of aliphatic carboxylic acids is 1. The van der Waals surface area contributed by atoms with E-state index in [9.17, 15) is 19.5 Å². The van der Waals surface area contributed by atoms with Crippen molar-refractivity contribution in [3.8, 4) is 0 Å². The van der Waals surface area contributed by atoms with Gasteiger partial charge in [-0.3, -0.25) is 14.9 Å². The van der Waals surface area contributed by atoms with E-state index in [1.54, 1.807) is 6.92 Å². The Kier molecular flexibility index (Phi) is 9.36.